The highest BCUT2D eigenvalue weighted by molar-refractivity contribution is 6.33. The van der Waals surface area contributed by atoms with Crippen LogP contribution in [-0.4, -0.2) is 17.1 Å². The molecule has 0 aliphatic carbocycles. The van der Waals surface area contributed by atoms with Crippen LogP contribution in [-0.2, 0) is 0 Å². The maximum atomic E-state index is 6.09. The van der Waals surface area contributed by atoms with Crippen molar-refractivity contribution < 1.29 is 4.74 Å². The first-order chi connectivity index (χ1) is 8.58. The fourth-order valence-electron chi connectivity index (χ4n) is 1.52. The summed E-state index contributed by atoms with van der Waals surface area (Å²) in [6.45, 7) is 1.77. The first-order valence-electron chi connectivity index (χ1n) is 5.30. The van der Waals surface area contributed by atoms with Gasteiger partial charge in [-0.15, -0.1) is 0 Å². The Kier molecular flexibility index (Phi) is 3.53. The number of ether oxygens (including phenoxy) is 1. The first kappa shape index (κ1) is 12.4. The first-order valence-corrected chi connectivity index (χ1v) is 5.68. The lowest BCUT2D eigenvalue weighted by Crippen LogP contribution is -2.01. The fourth-order valence-corrected chi connectivity index (χ4v) is 1.68. The summed E-state index contributed by atoms with van der Waals surface area (Å²) >= 11 is 6.09. The van der Waals surface area contributed by atoms with Crippen LogP contribution >= 0.6 is 11.6 Å². The molecule has 0 saturated heterocycles. The van der Waals surface area contributed by atoms with Crippen molar-refractivity contribution in [1.82, 2.24) is 9.97 Å². The summed E-state index contributed by atoms with van der Waals surface area (Å²) in [6.07, 6.45) is 0. The van der Waals surface area contributed by atoms with E-state index in [1.807, 2.05) is 0 Å². The van der Waals surface area contributed by atoms with Crippen molar-refractivity contribution in [2.45, 2.75) is 6.92 Å². The topological polar surface area (TPSA) is 73.1 Å². The summed E-state index contributed by atoms with van der Waals surface area (Å²) < 4.78 is 5.14. The average Bonchev–Trinajstić information content (AvgIpc) is 2.30. The molecule has 0 saturated carbocycles. The summed E-state index contributed by atoms with van der Waals surface area (Å²) in [7, 11) is 1.60. The van der Waals surface area contributed by atoms with Crippen molar-refractivity contribution in [1.29, 1.82) is 0 Å². The molecule has 0 radical (unpaired) electrons. The second kappa shape index (κ2) is 5.10. The lowest BCUT2D eigenvalue weighted by atomic mass is 10.3. The molecule has 0 unspecified atom stereocenters. The lowest BCUT2D eigenvalue weighted by molar-refractivity contribution is 0.415. The van der Waals surface area contributed by atoms with E-state index >= 15 is 0 Å². The number of nitrogens with zero attached hydrogens (tertiary/aromatic N) is 2. The van der Waals surface area contributed by atoms with E-state index in [1.165, 1.54) is 0 Å². The second-order valence-corrected chi connectivity index (χ2v) is 4.10. The van der Waals surface area contributed by atoms with Crippen LogP contribution in [0.4, 0.5) is 17.3 Å². The SMILES string of the molecule is COc1ccc(Cl)c(Nc2cc(N)nc(C)n2)c1. The number of nitrogens with two attached hydrogens (primary N) is 1. The predicted octanol–water partition coefficient (Wildman–Crippen LogP) is 2.77. The van der Waals surface area contributed by atoms with Crippen LogP contribution in [0.3, 0.4) is 0 Å². The van der Waals surface area contributed by atoms with E-state index in [9.17, 15) is 0 Å². The molecule has 3 N–H and O–H groups in total. The number of rotatable bonds is 3. The van der Waals surface area contributed by atoms with E-state index in [4.69, 9.17) is 22.1 Å². The number of hydrogen-bond acceptors (Lipinski definition) is 5. The number of anilines is 3. The Morgan fingerprint density at radius 1 is 1.28 bits per heavy atom. The highest BCUT2D eigenvalue weighted by Gasteiger charge is 2.05. The molecule has 0 bridgehead atoms. The number of halogens is 1. The van der Waals surface area contributed by atoms with Gasteiger partial charge >= 0.3 is 0 Å². The van der Waals surface area contributed by atoms with Crippen molar-refractivity contribution in [3.8, 4) is 5.75 Å². The average molecular weight is 265 g/mol. The molecular weight excluding hydrogens is 252 g/mol. The van der Waals surface area contributed by atoms with Crippen molar-refractivity contribution in [3.05, 3.63) is 35.1 Å². The van der Waals surface area contributed by atoms with Gasteiger partial charge in [0.25, 0.3) is 0 Å². The van der Waals surface area contributed by atoms with Gasteiger partial charge < -0.3 is 15.8 Å². The number of methoxy groups -OCH3 is 1. The van der Waals surface area contributed by atoms with Crippen LogP contribution in [0.5, 0.6) is 5.75 Å². The fraction of sp³-hybridized carbons (Fsp3) is 0.167. The molecule has 0 atom stereocenters. The Labute approximate surface area is 110 Å². The highest BCUT2D eigenvalue weighted by Crippen LogP contribution is 2.29. The Balaban J connectivity index is 2.33. The number of aromatic nitrogens is 2. The zero-order chi connectivity index (χ0) is 13.1. The molecule has 5 nitrogen and oxygen atoms in total. The zero-order valence-corrected chi connectivity index (χ0v) is 10.8. The molecule has 1 aromatic heterocycles. The third kappa shape index (κ3) is 2.81. The van der Waals surface area contributed by atoms with Gasteiger partial charge in [-0.1, -0.05) is 11.6 Å². The lowest BCUT2D eigenvalue weighted by Gasteiger charge is -2.10. The van der Waals surface area contributed by atoms with Crippen LogP contribution in [0.15, 0.2) is 24.3 Å². The summed E-state index contributed by atoms with van der Waals surface area (Å²) in [6, 6.07) is 6.96. The standard InChI is InChI=1S/C12H13ClN4O/c1-7-15-11(14)6-12(16-7)17-10-5-8(18-2)3-4-9(10)13/h3-6H,1-2H3,(H3,14,15,16,17). The number of aryl methyl sites for hydroxylation is 1. The number of hydrogen-bond donors (Lipinski definition) is 2. The molecule has 1 heterocycles. The molecule has 94 valence electrons. The quantitative estimate of drug-likeness (QED) is 0.892. The zero-order valence-electron chi connectivity index (χ0n) is 10.1. The molecule has 0 aliphatic rings. The summed E-state index contributed by atoms with van der Waals surface area (Å²) in [5, 5.41) is 3.66. The predicted molar refractivity (Wildman–Crippen MR) is 72.5 cm³/mol. The molecule has 6 heteroatoms. The Hall–Kier alpha value is -2.01. The number of benzene rings is 1. The van der Waals surface area contributed by atoms with E-state index in [1.54, 1.807) is 38.3 Å². The molecule has 18 heavy (non-hydrogen) atoms. The summed E-state index contributed by atoms with van der Waals surface area (Å²) in [5.41, 5.74) is 6.36. The van der Waals surface area contributed by atoms with Gasteiger partial charge in [-0.2, -0.15) is 0 Å². The van der Waals surface area contributed by atoms with Gasteiger partial charge in [0.05, 0.1) is 17.8 Å². The highest BCUT2D eigenvalue weighted by atomic mass is 35.5. The minimum Gasteiger partial charge on any atom is -0.497 e. The van der Waals surface area contributed by atoms with Crippen LogP contribution < -0.4 is 15.8 Å². The van der Waals surface area contributed by atoms with Crippen molar-refractivity contribution in [3.63, 3.8) is 0 Å². The largest absolute Gasteiger partial charge is 0.497 e. The van der Waals surface area contributed by atoms with Gasteiger partial charge in [-0.3, -0.25) is 0 Å². The molecule has 1 aromatic carbocycles. The Morgan fingerprint density at radius 3 is 2.72 bits per heavy atom. The molecular formula is C12H13ClN4O. The molecule has 2 aromatic rings. The van der Waals surface area contributed by atoms with E-state index in [2.05, 4.69) is 15.3 Å². The van der Waals surface area contributed by atoms with E-state index < -0.39 is 0 Å². The van der Waals surface area contributed by atoms with Gasteiger partial charge in [0, 0.05) is 12.1 Å². The maximum absolute atomic E-state index is 6.09. The van der Waals surface area contributed by atoms with Gasteiger partial charge in [-0.25, -0.2) is 9.97 Å². The summed E-state index contributed by atoms with van der Waals surface area (Å²) in [4.78, 5) is 8.23. The third-order valence-electron chi connectivity index (χ3n) is 2.29. The van der Waals surface area contributed by atoms with Crippen LogP contribution in [0.1, 0.15) is 5.82 Å². The van der Waals surface area contributed by atoms with Crippen molar-refractivity contribution in [2.75, 3.05) is 18.2 Å². The third-order valence-corrected chi connectivity index (χ3v) is 2.62. The van der Waals surface area contributed by atoms with Crippen LogP contribution in [0, 0.1) is 6.92 Å². The van der Waals surface area contributed by atoms with E-state index in [-0.39, 0.29) is 0 Å². The minimum absolute atomic E-state index is 0.406. The normalized spacial score (nSPS) is 10.2. The van der Waals surface area contributed by atoms with Gasteiger partial charge in [0.15, 0.2) is 0 Å². The maximum Gasteiger partial charge on any atom is 0.136 e. The van der Waals surface area contributed by atoms with E-state index in [0.717, 1.165) is 0 Å². The second-order valence-electron chi connectivity index (χ2n) is 3.70. The van der Waals surface area contributed by atoms with Gasteiger partial charge in [0.1, 0.15) is 23.2 Å². The smallest absolute Gasteiger partial charge is 0.136 e. The molecule has 0 amide bonds. The molecule has 2 rings (SSSR count). The van der Waals surface area contributed by atoms with Crippen molar-refractivity contribution in [2.24, 2.45) is 0 Å². The minimum atomic E-state index is 0.406. The molecule has 0 fully saturated rings. The van der Waals surface area contributed by atoms with Crippen LogP contribution in [0.25, 0.3) is 0 Å². The van der Waals surface area contributed by atoms with E-state index in [0.29, 0.717) is 33.9 Å². The number of nitrogen functional groups attached to an aromatic ring is 1. The van der Waals surface area contributed by atoms with Gasteiger partial charge in [0.2, 0.25) is 0 Å². The molecule has 0 spiro atoms. The summed E-state index contributed by atoms with van der Waals surface area (Å²) in [5.74, 6) is 2.30. The number of nitrogens with one attached hydrogen (secondary N) is 1. The van der Waals surface area contributed by atoms with Gasteiger partial charge in [-0.05, 0) is 19.1 Å². The Bertz CT molecular complexity index is 554. The Morgan fingerprint density at radius 2 is 2.06 bits per heavy atom. The molecule has 0 aliphatic heterocycles. The van der Waals surface area contributed by atoms with Crippen molar-refractivity contribution >= 4 is 28.9 Å². The monoisotopic (exact) mass is 264 g/mol. The van der Waals surface area contributed by atoms with Crippen LogP contribution in [0.2, 0.25) is 5.02 Å².